The lowest BCUT2D eigenvalue weighted by Gasteiger charge is -2.06. The Bertz CT molecular complexity index is 751. The Kier molecular flexibility index (Phi) is 3.66. The summed E-state index contributed by atoms with van der Waals surface area (Å²) in [5.41, 5.74) is -4.84. The third kappa shape index (κ3) is 3.15. The van der Waals surface area contributed by atoms with Crippen LogP contribution in [0.1, 0.15) is 0 Å². The van der Waals surface area contributed by atoms with Crippen LogP contribution in [0.5, 0.6) is 5.88 Å². The van der Waals surface area contributed by atoms with E-state index in [1.807, 2.05) is 0 Å². The Labute approximate surface area is 116 Å². The van der Waals surface area contributed by atoms with Crippen LogP contribution in [0, 0.1) is 5.82 Å². The van der Waals surface area contributed by atoms with E-state index in [1.165, 1.54) is 19.2 Å². The van der Waals surface area contributed by atoms with E-state index in [4.69, 9.17) is 0 Å². The smallest absolute Gasteiger partial charge is 0.354 e. The Balaban J connectivity index is 2.34. The van der Waals surface area contributed by atoms with Gasteiger partial charge in [-0.15, -0.1) is 5.10 Å². The van der Waals surface area contributed by atoms with Crippen molar-refractivity contribution in [2.75, 3.05) is 0 Å². The van der Waals surface area contributed by atoms with Crippen molar-refractivity contribution in [3.63, 3.8) is 0 Å². The van der Waals surface area contributed by atoms with Gasteiger partial charge < -0.3 is 4.18 Å². The molecule has 0 aliphatic rings. The van der Waals surface area contributed by atoms with Gasteiger partial charge in [-0.2, -0.15) is 21.6 Å². The highest BCUT2D eigenvalue weighted by molar-refractivity contribution is 7.87. The van der Waals surface area contributed by atoms with Crippen molar-refractivity contribution in [2.45, 2.75) is 5.51 Å². The molecule has 0 aliphatic heterocycles. The van der Waals surface area contributed by atoms with Gasteiger partial charge in [0, 0.05) is 18.7 Å². The van der Waals surface area contributed by atoms with Gasteiger partial charge in [0.25, 0.3) is 5.88 Å². The minimum atomic E-state index is -5.78. The van der Waals surface area contributed by atoms with Crippen LogP contribution in [0.25, 0.3) is 11.3 Å². The van der Waals surface area contributed by atoms with Crippen LogP contribution in [0.2, 0.25) is 0 Å². The molecule has 2 aromatic rings. The molecule has 0 saturated carbocycles. The lowest BCUT2D eigenvalue weighted by molar-refractivity contribution is -0.0501. The van der Waals surface area contributed by atoms with Gasteiger partial charge in [-0.3, -0.25) is 4.68 Å². The zero-order valence-electron chi connectivity index (χ0n) is 10.4. The Morgan fingerprint density at radius 3 is 2.29 bits per heavy atom. The number of rotatable bonds is 3. The van der Waals surface area contributed by atoms with Gasteiger partial charge in [-0.05, 0) is 24.3 Å². The standard InChI is InChI=1S/C11H8F4N2O3S/c1-17-9(7-2-4-8(12)5-3-7)6-10(16-17)20-21(18,19)11(13,14)15/h2-6H,1H3. The van der Waals surface area contributed by atoms with E-state index in [9.17, 15) is 26.0 Å². The molecule has 1 aromatic carbocycles. The zero-order valence-corrected chi connectivity index (χ0v) is 11.2. The van der Waals surface area contributed by atoms with Crippen LogP contribution in [-0.4, -0.2) is 23.7 Å². The fourth-order valence-electron chi connectivity index (χ4n) is 1.53. The van der Waals surface area contributed by atoms with Gasteiger partial charge in [0.05, 0.1) is 5.69 Å². The minimum absolute atomic E-state index is 0.266. The summed E-state index contributed by atoms with van der Waals surface area (Å²) in [6.45, 7) is 0. The second-order valence-electron chi connectivity index (χ2n) is 3.98. The summed E-state index contributed by atoms with van der Waals surface area (Å²) in [7, 11) is -4.40. The average molecular weight is 324 g/mol. The molecule has 114 valence electrons. The number of nitrogens with zero attached hydrogens (tertiary/aromatic N) is 2. The molecule has 0 aliphatic carbocycles. The fraction of sp³-hybridized carbons (Fsp3) is 0.182. The second-order valence-corrected chi connectivity index (χ2v) is 5.52. The van der Waals surface area contributed by atoms with Crippen LogP contribution in [-0.2, 0) is 17.2 Å². The summed E-state index contributed by atoms with van der Waals surface area (Å²) < 4.78 is 76.2. The van der Waals surface area contributed by atoms with E-state index < -0.39 is 27.3 Å². The fourth-order valence-corrected chi connectivity index (χ4v) is 1.93. The topological polar surface area (TPSA) is 61.2 Å². The number of aromatic nitrogens is 2. The molecule has 0 spiro atoms. The van der Waals surface area contributed by atoms with Crippen molar-refractivity contribution in [1.29, 1.82) is 0 Å². The van der Waals surface area contributed by atoms with E-state index in [-0.39, 0.29) is 5.69 Å². The van der Waals surface area contributed by atoms with Crippen LogP contribution < -0.4 is 4.18 Å². The molecule has 0 N–H and O–H groups in total. The third-order valence-corrected chi connectivity index (χ3v) is 3.43. The lowest BCUT2D eigenvalue weighted by atomic mass is 10.1. The van der Waals surface area contributed by atoms with E-state index in [0.29, 0.717) is 5.56 Å². The van der Waals surface area contributed by atoms with E-state index in [2.05, 4.69) is 9.28 Å². The number of aryl methyl sites for hydroxylation is 1. The average Bonchev–Trinajstić information content (AvgIpc) is 2.69. The van der Waals surface area contributed by atoms with Gasteiger partial charge >= 0.3 is 15.6 Å². The molecule has 0 saturated heterocycles. The molecule has 0 bridgehead atoms. The number of hydrogen-bond donors (Lipinski definition) is 0. The third-order valence-electron chi connectivity index (χ3n) is 2.48. The lowest BCUT2D eigenvalue weighted by Crippen LogP contribution is -2.28. The highest BCUT2D eigenvalue weighted by Crippen LogP contribution is 2.29. The molecular formula is C11H8F4N2O3S. The predicted molar refractivity (Wildman–Crippen MR) is 64.2 cm³/mol. The maximum atomic E-state index is 12.8. The monoisotopic (exact) mass is 324 g/mol. The molecule has 0 unspecified atom stereocenters. The highest BCUT2D eigenvalue weighted by Gasteiger charge is 2.49. The van der Waals surface area contributed by atoms with Crippen molar-refractivity contribution in [2.24, 2.45) is 7.05 Å². The van der Waals surface area contributed by atoms with Crippen LogP contribution >= 0.6 is 0 Å². The van der Waals surface area contributed by atoms with Gasteiger partial charge in [-0.1, -0.05) is 0 Å². The molecule has 0 atom stereocenters. The summed E-state index contributed by atoms with van der Waals surface area (Å²) in [4.78, 5) is 0. The first-order valence-electron chi connectivity index (χ1n) is 5.41. The van der Waals surface area contributed by atoms with Gasteiger partial charge in [0.2, 0.25) is 0 Å². The highest BCUT2D eigenvalue weighted by atomic mass is 32.2. The molecule has 1 heterocycles. The summed E-state index contributed by atoms with van der Waals surface area (Å²) >= 11 is 0. The first-order valence-corrected chi connectivity index (χ1v) is 6.82. The SMILES string of the molecule is Cn1nc(OS(=O)(=O)C(F)(F)F)cc1-c1ccc(F)cc1. The van der Waals surface area contributed by atoms with E-state index in [0.717, 1.165) is 22.9 Å². The molecule has 0 amide bonds. The molecule has 21 heavy (non-hydrogen) atoms. The molecule has 10 heteroatoms. The summed E-state index contributed by atoms with van der Waals surface area (Å²) in [5, 5.41) is 3.53. The first-order chi connectivity index (χ1) is 9.60. The zero-order chi connectivity index (χ0) is 15.8. The maximum Gasteiger partial charge on any atom is 0.534 e. The van der Waals surface area contributed by atoms with Crippen LogP contribution in [0.4, 0.5) is 17.6 Å². The van der Waals surface area contributed by atoms with Crippen LogP contribution in [0.3, 0.4) is 0 Å². The number of alkyl halides is 3. The number of benzene rings is 1. The summed E-state index contributed by atoms with van der Waals surface area (Å²) in [6.07, 6.45) is 0. The van der Waals surface area contributed by atoms with Gasteiger partial charge in [0.15, 0.2) is 0 Å². The van der Waals surface area contributed by atoms with E-state index in [1.54, 1.807) is 0 Å². The van der Waals surface area contributed by atoms with Gasteiger partial charge in [-0.25, -0.2) is 4.39 Å². The molecule has 5 nitrogen and oxygen atoms in total. The molecule has 1 aromatic heterocycles. The van der Waals surface area contributed by atoms with Crippen molar-refractivity contribution in [3.05, 3.63) is 36.1 Å². The van der Waals surface area contributed by atoms with Crippen molar-refractivity contribution in [3.8, 4) is 17.1 Å². The van der Waals surface area contributed by atoms with Gasteiger partial charge in [0.1, 0.15) is 5.82 Å². The number of hydrogen-bond acceptors (Lipinski definition) is 4. The molecule has 0 fully saturated rings. The Morgan fingerprint density at radius 2 is 1.76 bits per heavy atom. The second kappa shape index (κ2) is 5.02. The van der Waals surface area contributed by atoms with Crippen LogP contribution in [0.15, 0.2) is 30.3 Å². The quantitative estimate of drug-likeness (QED) is 0.494. The Hall–Kier alpha value is -2.10. The Morgan fingerprint density at radius 1 is 1.19 bits per heavy atom. The molecule has 0 radical (unpaired) electrons. The summed E-state index contributed by atoms with van der Waals surface area (Å²) in [6, 6.07) is 6.05. The van der Waals surface area contributed by atoms with Crippen molar-refractivity contribution < 1.29 is 30.2 Å². The largest absolute Gasteiger partial charge is 0.534 e. The van der Waals surface area contributed by atoms with Crippen molar-refractivity contribution in [1.82, 2.24) is 9.78 Å². The first kappa shape index (κ1) is 15.3. The molecule has 2 rings (SSSR count). The minimum Gasteiger partial charge on any atom is -0.354 e. The number of halogens is 4. The summed E-state index contributed by atoms with van der Waals surface area (Å²) in [5.74, 6) is -1.22. The predicted octanol–water partition coefficient (Wildman–Crippen LogP) is 2.45. The van der Waals surface area contributed by atoms with Crippen molar-refractivity contribution >= 4 is 10.1 Å². The normalized spacial score (nSPS) is 12.4. The van der Waals surface area contributed by atoms with E-state index >= 15 is 0 Å². The molecular weight excluding hydrogens is 316 g/mol. The maximum absolute atomic E-state index is 12.8.